The quantitative estimate of drug-likeness (QED) is 0.293. The normalized spacial score (nSPS) is 27.9. The van der Waals surface area contributed by atoms with Crippen molar-refractivity contribution in [3.05, 3.63) is 40.2 Å². The van der Waals surface area contributed by atoms with Gasteiger partial charge in [0.05, 0.1) is 11.3 Å². The number of rotatable bonds is 3. The SMILES string of the molecule is NCN=Nc1ccc(O)c2c1C[C@H]1C[C@H]3CC(=O)C(C(N)=O)=C(O)[C@@]3(O)C(=O)C1=C2O. The standard InChI is InChI=1S/C20H20N4O7/c21-6-23-24-10-1-2-11(25)14-9(10)4-7-3-8-5-12(26)15(19(22)30)18(29)20(8,31)17(28)13(7)16(14)27/h1-2,7-8,25,27,29,31H,3-6,21H2,(H2,22,30)/t7-,8+,20+/m1/s1. The second-order valence-corrected chi connectivity index (χ2v) is 7.79. The monoisotopic (exact) mass is 428 g/mol. The fourth-order valence-corrected chi connectivity index (χ4v) is 4.82. The largest absolute Gasteiger partial charge is 0.508 e. The highest BCUT2D eigenvalue weighted by Crippen LogP contribution is 2.52. The van der Waals surface area contributed by atoms with Crippen LogP contribution in [-0.2, 0) is 20.8 Å². The lowest BCUT2D eigenvalue weighted by molar-refractivity contribution is -0.147. The topological polar surface area (TPSA) is 209 Å². The molecule has 1 fully saturated rings. The number of amides is 1. The van der Waals surface area contributed by atoms with E-state index in [1.807, 2.05) is 0 Å². The number of benzene rings is 1. The van der Waals surface area contributed by atoms with E-state index < -0.39 is 52.0 Å². The molecule has 0 heterocycles. The lowest BCUT2D eigenvalue weighted by Gasteiger charge is -2.46. The molecule has 11 heteroatoms. The average Bonchev–Trinajstić information content (AvgIpc) is 2.70. The fourth-order valence-electron chi connectivity index (χ4n) is 4.82. The van der Waals surface area contributed by atoms with Crippen LogP contribution in [0.5, 0.6) is 5.75 Å². The van der Waals surface area contributed by atoms with Gasteiger partial charge < -0.3 is 31.9 Å². The smallest absolute Gasteiger partial charge is 0.255 e. The third-order valence-electron chi connectivity index (χ3n) is 6.18. The van der Waals surface area contributed by atoms with Crippen LogP contribution in [0.2, 0.25) is 0 Å². The molecule has 4 rings (SSSR count). The van der Waals surface area contributed by atoms with Crippen molar-refractivity contribution in [1.82, 2.24) is 0 Å². The number of carbonyl (C=O) groups is 3. The van der Waals surface area contributed by atoms with Crippen LogP contribution in [0.25, 0.3) is 5.76 Å². The summed E-state index contributed by atoms with van der Waals surface area (Å²) >= 11 is 0. The van der Waals surface area contributed by atoms with E-state index in [2.05, 4.69) is 10.2 Å². The van der Waals surface area contributed by atoms with Gasteiger partial charge in [0.1, 0.15) is 29.5 Å². The van der Waals surface area contributed by atoms with Gasteiger partial charge in [-0.05, 0) is 36.5 Å². The Balaban J connectivity index is 1.92. The lowest BCUT2D eigenvalue weighted by Crippen LogP contribution is -2.58. The van der Waals surface area contributed by atoms with E-state index in [1.54, 1.807) is 0 Å². The molecular weight excluding hydrogens is 408 g/mol. The number of ketones is 2. The summed E-state index contributed by atoms with van der Waals surface area (Å²) in [4.78, 5) is 37.3. The Bertz CT molecular complexity index is 1140. The number of aromatic hydroxyl groups is 1. The number of primary amides is 1. The van der Waals surface area contributed by atoms with Gasteiger partial charge in [-0.25, -0.2) is 0 Å². The van der Waals surface area contributed by atoms with E-state index in [9.17, 15) is 34.8 Å². The lowest BCUT2D eigenvalue weighted by atomic mass is 9.59. The molecule has 0 aromatic heterocycles. The van der Waals surface area contributed by atoms with Crippen LogP contribution in [0.15, 0.2) is 39.3 Å². The minimum atomic E-state index is -2.58. The first-order valence-corrected chi connectivity index (χ1v) is 9.52. The molecule has 1 saturated carbocycles. The molecule has 11 nitrogen and oxygen atoms in total. The zero-order chi connectivity index (χ0) is 22.7. The summed E-state index contributed by atoms with van der Waals surface area (Å²) in [7, 11) is 0. The van der Waals surface area contributed by atoms with Crippen LogP contribution in [0.1, 0.15) is 24.0 Å². The molecule has 1 aromatic rings. The van der Waals surface area contributed by atoms with Gasteiger partial charge in [0.15, 0.2) is 11.4 Å². The summed E-state index contributed by atoms with van der Waals surface area (Å²) < 4.78 is 0. The number of aliphatic hydroxyl groups is 3. The number of phenolic OH excluding ortho intramolecular Hbond substituents is 1. The average molecular weight is 428 g/mol. The molecule has 0 bridgehead atoms. The summed E-state index contributed by atoms with van der Waals surface area (Å²) in [5.74, 6) is -6.72. The number of aliphatic hydroxyl groups excluding tert-OH is 2. The molecule has 31 heavy (non-hydrogen) atoms. The molecule has 0 radical (unpaired) electrons. The molecule has 1 aromatic carbocycles. The Labute approximate surface area is 175 Å². The summed E-state index contributed by atoms with van der Waals surface area (Å²) in [6.45, 7) is -0.0737. The summed E-state index contributed by atoms with van der Waals surface area (Å²) in [5, 5.41) is 50.6. The zero-order valence-electron chi connectivity index (χ0n) is 16.2. The van der Waals surface area contributed by atoms with Gasteiger partial charge in [-0.3, -0.25) is 14.4 Å². The predicted molar refractivity (Wildman–Crippen MR) is 105 cm³/mol. The zero-order valence-corrected chi connectivity index (χ0v) is 16.2. The van der Waals surface area contributed by atoms with Crippen molar-refractivity contribution in [2.24, 2.45) is 33.5 Å². The Morgan fingerprint density at radius 3 is 2.55 bits per heavy atom. The third-order valence-corrected chi connectivity index (χ3v) is 6.18. The molecule has 0 saturated heterocycles. The van der Waals surface area contributed by atoms with Crippen molar-refractivity contribution in [2.75, 3.05) is 6.67 Å². The minimum Gasteiger partial charge on any atom is -0.508 e. The fraction of sp³-hybridized carbons (Fsp3) is 0.350. The molecule has 0 aliphatic heterocycles. The number of nitrogens with zero attached hydrogens (tertiary/aromatic N) is 2. The van der Waals surface area contributed by atoms with Crippen molar-refractivity contribution < 1.29 is 34.8 Å². The summed E-state index contributed by atoms with van der Waals surface area (Å²) in [5.41, 5.74) is 7.62. The van der Waals surface area contributed by atoms with E-state index >= 15 is 0 Å². The maximum absolute atomic E-state index is 13.3. The highest BCUT2D eigenvalue weighted by molar-refractivity contribution is 6.22. The van der Waals surface area contributed by atoms with E-state index in [0.717, 1.165) is 0 Å². The summed E-state index contributed by atoms with van der Waals surface area (Å²) in [6, 6.07) is 2.76. The maximum Gasteiger partial charge on any atom is 0.255 e. The predicted octanol–water partition coefficient (Wildman–Crippen LogP) is 0.424. The number of azo groups is 1. The minimum absolute atomic E-state index is 0.0411. The van der Waals surface area contributed by atoms with Crippen LogP contribution < -0.4 is 11.5 Å². The van der Waals surface area contributed by atoms with E-state index in [4.69, 9.17) is 11.5 Å². The number of carbonyl (C=O) groups excluding carboxylic acids is 3. The van der Waals surface area contributed by atoms with Crippen molar-refractivity contribution >= 4 is 28.9 Å². The van der Waals surface area contributed by atoms with Gasteiger partial charge in [-0.1, -0.05) is 0 Å². The highest BCUT2D eigenvalue weighted by atomic mass is 16.3. The van der Waals surface area contributed by atoms with Crippen LogP contribution in [-0.4, -0.2) is 50.2 Å². The Hall–Kier alpha value is -3.57. The number of hydrogen-bond donors (Lipinski definition) is 6. The Morgan fingerprint density at radius 2 is 1.90 bits per heavy atom. The second-order valence-electron chi connectivity index (χ2n) is 7.79. The van der Waals surface area contributed by atoms with E-state index in [1.165, 1.54) is 12.1 Å². The van der Waals surface area contributed by atoms with Gasteiger partial charge >= 0.3 is 0 Å². The van der Waals surface area contributed by atoms with E-state index in [0.29, 0.717) is 11.3 Å². The molecular formula is C20H20N4O7. The molecule has 1 amide bonds. The molecule has 0 unspecified atom stereocenters. The number of phenols is 1. The number of hydrogen-bond acceptors (Lipinski definition) is 10. The summed E-state index contributed by atoms with van der Waals surface area (Å²) in [6.07, 6.45) is -0.171. The molecule has 0 spiro atoms. The maximum atomic E-state index is 13.3. The van der Waals surface area contributed by atoms with E-state index in [-0.39, 0.29) is 42.8 Å². The third kappa shape index (κ3) is 2.77. The first kappa shape index (κ1) is 20.7. The molecule has 3 aliphatic carbocycles. The number of Topliss-reactive ketones (excluding diaryl/α,β-unsaturated/α-hetero) is 2. The van der Waals surface area contributed by atoms with Crippen molar-refractivity contribution in [2.45, 2.75) is 24.9 Å². The van der Waals surface area contributed by atoms with Crippen LogP contribution in [0.4, 0.5) is 5.69 Å². The highest BCUT2D eigenvalue weighted by Gasteiger charge is 2.60. The van der Waals surface area contributed by atoms with Gasteiger partial charge in [-0.2, -0.15) is 10.2 Å². The van der Waals surface area contributed by atoms with Gasteiger partial charge in [0, 0.05) is 17.9 Å². The number of nitrogens with two attached hydrogens (primary N) is 2. The van der Waals surface area contributed by atoms with Gasteiger partial charge in [0.25, 0.3) is 5.91 Å². The molecule has 3 aliphatic rings. The van der Waals surface area contributed by atoms with Crippen LogP contribution in [0.3, 0.4) is 0 Å². The van der Waals surface area contributed by atoms with Crippen molar-refractivity contribution in [3.63, 3.8) is 0 Å². The molecule has 8 N–H and O–H groups in total. The Kier molecular flexibility index (Phi) is 4.67. The first-order chi connectivity index (χ1) is 14.6. The van der Waals surface area contributed by atoms with Gasteiger partial charge in [-0.15, -0.1) is 0 Å². The second kappa shape index (κ2) is 7.00. The molecule has 162 valence electrons. The Morgan fingerprint density at radius 1 is 1.19 bits per heavy atom. The number of fused-ring (bicyclic) bond motifs is 3. The van der Waals surface area contributed by atoms with Gasteiger partial charge in [0.2, 0.25) is 5.78 Å². The van der Waals surface area contributed by atoms with Crippen LogP contribution in [0, 0.1) is 11.8 Å². The first-order valence-electron chi connectivity index (χ1n) is 9.52. The van der Waals surface area contributed by atoms with Crippen molar-refractivity contribution in [1.29, 1.82) is 0 Å². The van der Waals surface area contributed by atoms with Crippen molar-refractivity contribution in [3.8, 4) is 5.75 Å². The molecule has 3 atom stereocenters. The van der Waals surface area contributed by atoms with Crippen LogP contribution >= 0.6 is 0 Å².